The van der Waals surface area contributed by atoms with Gasteiger partial charge in [-0.3, -0.25) is 4.57 Å². The molecule has 1 atom stereocenters. The molecule has 0 rings (SSSR count). The van der Waals surface area contributed by atoms with Gasteiger partial charge in [-0.15, -0.1) is 0 Å². The van der Waals surface area contributed by atoms with Gasteiger partial charge in [-0.1, -0.05) is 19.9 Å². The first kappa shape index (κ1) is 22.4. The molecular formula is C17H34NO4P. The average molecular weight is 347 g/mol. The second-order valence-electron chi connectivity index (χ2n) is 6.36. The van der Waals surface area contributed by atoms with Crippen LogP contribution in [0.2, 0.25) is 0 Å². The van der Waals surface area contributed by atoms with Gasteiger partial charge in [0.15, 0.2) is 0 Å². The van der Waals surface area contributed by atoms with E-state index in [4.69, 9.17) is 9.26 Å². The molecule has 0 amide bonds. The molecule has 0 spiro atoms. The van der Waals surface area contributed by atoms with Crippen molar-refractivity contribution in [2.45, 2.75) is 40.5 Å². The number of allylic oxidation sites excluding steroid dienone is 1. The Hall–Kier alpha value is -0.640. The van der Waals surface area contributed by atoms with Crippen molar-refractivity contribution in [1.82, 2.24) is 4.90 Å². The molecule has 1 unspecified atom stereocenters. The second kappa shape index (κ2) is 11.8. The molecule has 0 aromatic carbocycles. The Morgan fingerprint density at radius 2 is 1.87 bits per heavy atom. The Labute approximate surface area is 141 Å². The fourth-order valence-electron chi connectivity index (χ4n) is 2.33. The third-order valence-electron chi connectivity index (χ3n) is 3.16. The normalized spacial score (nSPS) is 15.0. The molecule has 0 N–H and O–H groups in total. The molecule has 23 heavy (non-hydrogen) atoms. The van der Waals surface area contributed by atoms with Crippen LogP contribution in [0.25, 0.3) is 0 Å². The topological polar surface area (TPSA) is 55.8 Å². The third kappa shape index (κ3) is 10.7. The Kier molecular flexibility index (Phi) is 11.5. The number of nitrogens with zero attached hydrogens (tertiary/aromatic N) is 1. The van der Waals surface area contributed by atoms with E-state index in [1.165, 1.54) is 0 Å². The van der Waals surface area contributed by atoms with Crippen LogP contribution in [0, 0.1) is 5.92 Å². The third-order valence-corrected chi connectivity index (χ3v) is 5.99. The van der Waals surface area contributed by atoms with Crippen LogP contribution in [0.3, 0.4) is 0 Å². The summed E-state index contributed by atoms with van der Waals surface area (Å²) in [5.74, 6) is -0.120. The van der Waals surface area contributed by atoms with Crippen molar-refractivity contribution < 1.29 is 18.6 Å². The van der Waals surface area contributed by atoms with Gasteiger partial charge in [0.25, 0.3) is 0 Å². The summed E-state index contributed by atoms with van der Waals surface area (Å²) < 4.78 is 23.7. The number of esters is 1. The van der Waals surface area contributed by atoms with E-state index in [1.54, 1.807) is 6.92 Å². The minimum absolute atomic E-state index is 0.166. The maximum Gasteiger partial charge on any atom is 0.334 e. The molecule has 0 aromatic heterocycles. The Balaban J connectivity index is 5.05. The van der Waals surface area contributed by atoms with E-state index >= 15 is 0 Å². The molecule has 0 saturated carbocycles. The number of unbranched alkanes of at least 4 members (excludes halogenated alkanes) is 1. The first-order valence-corrected chi connectivity index (χ1v) is 10.5. The van der Waals surface area contributed by atoms with Crippen LogP contribution in [-0.2, 0) is 18.6 Å². The van der Waals surface area contributed by atoms with Crippen molar-refractivity contribution in [3.63, 3.8) is 0 Å². The minimum Gasteiger partial charge on any atom is -0.463 e. The van der Waals surface area contributed by atoms with Crippen LogP contribution in [0.4, 0.5) is 0 Å². The van der Waals surface area contributed by atoms with Crippen LogP contribution in [0.15, 0.2) is 11.6 Å². The van der Waals surface area contributed by atoms with Crippen molar-refractivity contribution in [3.05, 3.63) is 11.6 Å². The number of carbonyl (C=O) groups is 1. The fourth-order valence-corrected chi connectivity index (χ4v) is 5.02. The zero-order valence-corrected chi connectivity index (χ0v) is 16.5. The van der Waals surface area contributed by atoms with Gasteiger partial charge >= 0.3 is 5.97 Å². The summed E-state index contributed by atoms with van der Waals surface area (Å²) in [6.07, 6.45) is 4.22. The van der Waals surface area contributed by atoms with Gasteiger partial charge in [-0.25, -0.2) is 4.79 Å². The van der Waals surface area contributed by atoms with Crippen molar-refractivity contribution >= 4 is 13.3 Å². The molecule has 0 fully saturated rings. The number of carbonyl (C=O) groups excluding carboxylic acids is 1. The lowest BCUT2D eigenvalue weighted by Crippen LogP contribution is -2.15. The summed E-state index contributed by atoms with van der Waals surface area (Å²) in [5.41, 5.74) is 0.489. The first-order chi connectivity index (χ1) is 10.7. The maximum absolute atomic E-state index is 13.0. The highest BCUT2D eigenvalue weighted by molar-refractivity contribution is 7.59. The monoisotopic (exact) mass is 347 g/mol. The van der Waals surface area contributed by atoms with E-state index in [1.807, 2.05) is 40.9 Å². The molecule has 6 heteroatoms. The van der Waals surface area contributed by atoms with Crippen LogP contribution in [0.1, 0.15) is 40.5 Å². The fraction of sp³-hybridized carbons (Fsp3) is 0.824. The molecule has 0 aliphatic heterocycles. The molecular weight excluding hydrogens is 313 g/mol. The van der Waals surface area contributed by atoms with Gasteiger partial charge in [0, 0.05) is 11.7 Å². The van der Waals surface area contributed by atoms with Crippen LogP contribution < -0.4 is 0 Å². The zero-order valence-electron chi connectivity index (χ0n) is 15.6. The molecule has 0 bridgehead atoms. The number of hydrogen-bond donors (Lipinski definition) is 0. The van der Waals surface area contributed by atoms with Crippen molar-refractivity contribution in [1.29, 1.82) is 0 Å². The molecule has 0 aromatic rings. The predicted octanol–water partition coefficient (Wildman–Crippen LogP) is 3.79. The summed E-state index contributed by atoms with van der Waals surface area (Å²) >= 11 is 0. The van der Waals surface area contributed by atoms with E-state index in [9.17, 15) is 9.36 Å². The van der Waals surface area contributed by atoms with Gasteiger partial charge in [-0.2, -0.15) is 0 Å². The Morgan fingerprint density at radius 3 is 2.35 bits per heavy atom. The lowest BCUT2D eigenvalue weighted by molar-refractivity contribution is -0.138. The Bertz CT molecular complexity index is 419. The first-order valence-electron chi connectivity index (χ1n) is 8.47. The number of ether oxygens (including phenoxy) is 1. The Morgan fingerprint density at radius 1 is 1.22 bits per heavy atom. The summed E-state index contributed by atoms with van der Waals surface area (Å²) in [5, 5.41) is 0. The highest BCUT2D eigenvalue weighted by Gasteiger charge is 2.28. The SMILES string of the molecule is CCOC(=O)/C(=C/CCCN(C)C)CP(=O)(CC(C)C)OCC. The minimum atomic E-state index is -2.86. The lowest BCUT2D eigenvalue weighted by Gasteiger charge is -2.21. The molecule has 0 saturated heterocycles. The standard InChI is InChI=1S/C17H34NO4P/c1-7-21-17(19)16(11-9-10-12-18(5)6)14-23(20,22-8-2)13-15(3)4/h11,15H,7-10,12-14H2,1-6H3/b16-11+. The van der Waals surface area contributed by atoms with E-state index in [2.05, 4.69) is 4.90 Å². The number of rotatable bonds is 12. The lowest BCUT2D eigenvalue weighted by atomic mass is 10.2. The van der Waals surface area contributed by atoms with Crippen molar-refractivity contribution in [2.75, 3.05) is 46.2 Å². The van der Waals surface area contributed by atoms with E-state index in [0.717, 1.165) is 19.4 Å². The predicted molar refractivity (Wildman–Crippen MR) is 96.3 cm³/mol. The number of hydrogen-bond acceptors (Lipinski definition) is 5. The van der Waals surface area contributed by atoms with Crippen LogP contribution >= 0.6 is 7.37 Å². The molecule has 0 radical (unpaired) electrons. The second-order valence-corrected chi connectivity index (χ2v) is 8.93. The van der Waals surface area contributed by atoms with E-state index in [-0.39, 0.29) is 18.0 Å². The van der Waals surface area contributed by atoms with Crippen LogP contribution in [-0.4, -0.2) is 57.0 Å². The summed E-state index contributed by atoms with van der Waals surface area (Å²) in [4.78, 5) is 14.3. The van der Waals surface area contributed by atoms with E-state index in [0.29, 0.717) is 24.9 Å². The summed E-state index contributed by atoms with van der Waals surface area (Å²) in [6.45, 7) is 9.28. The van der Waals surface area contributed by atoms with Crippen molar-refractivity contribution in [3.8, 4) is 0 Å². The van der Waals surface area contributed by atoms with Gasteiger partial charge in [-0.05, 0) is 53.2 Å². The van der Waals surface area contributed by atoms with Gasteiger partial charge in [0.05, 0.1) is 19.4 Å². The molecule has 0 aliphatic rings. The highest BCUT2D eigenvalue weighted by Crippen LogP contribution is 2.50. The van der Waals surface area contributed by atoms with Crippen LogP contribution in [0.5, 0.6) is 0 Å². The average Bonchev–Trinajstić information content (AvgIpc) is 2.41. The maximum atomic E-state index is 13.0. The molecule has 0 heterocycles. The van der Waals surface area contributed by atoms with Gasteiger partial charge < -0.3 is 14.2 Å². The van der Waals surface area contributed by atoms with Gasteiger partial charge in [0.2, 0.25) is 7.37 Å². The van der Waals surface area contributed by atoms with Crippen molar-refractivity contribution in [2.24, 2.45) is 5.92 Å². The summed E-state index contributed by atoms with van der Waals surface area (Å²) in [7, 11) is 1.18. The highest BCUT2D eigenvalue weighted by atomic mass is 31.2. The smallest absolute Gasteiger partial charge is 0.334 e. The van der Waals surface area contributed by atoms with E-state index < -0.39 is 7.37 Å². The van der Waals surface area contributed by atoms with Gasteiger partial charge in [0.1, 0.15) is 0 Å². The summed E-state index contributed by atoms with van der Waals surface area (Å²) in [6, 6.07) is 0. The zero-order chi connectivity index (χ0) is 17.9. The molecule has 5 nitrogen and oxygen atoms in total. The molecule has 0 aliphatic carbocycles. The largest absolute Gasteiger partial charge is 0.463 e. The molecule has 136 valence electrons. The quantitative estimate of drug-likeness (QED) is 0.233.